The fraction of sp³-hybridized carbons (Fsp3) is 0.240. The summed E-state index contributed by atoms with van der Waals surface area (Å²) in [6.45, 7) is 7.24. The van der Waals surface area contributed by atoms with E-state index in [1.807, 2.05) is 42.5 Å². The van der Waals surface area contributed by atoms with Crippen molar-refractivity contribution in [3.05, 3.63) is 94.9 Å². The summed E-state index contributed by atoms with van der Waals surface area (Å²) in [6.07, 6.45) is 3.37. The highest BCUT2D eigenvalue weighted by atomic mass is 35.5. The van der Waals surface area contributed by atoms with Crippen LogP contribution in [0.4, 0.5) is 5.82 Å². The van der Waals surface area contributed by atoms with Crippen molar-refractivity contribution in [2.24, 2.45) is 0 Å². The molecule has 170 valence electrons. The number of carbonyl (C=O) groups is 1. The molecule has 4 rings (SSSR count). The predicted molar refractivity (Wildman–Crippen MR) is 129 cm³/mol. The summed E-state index contributed by atoms with van der Waals surface area (Å²) < 4.78 is 9.02. The topological polar surface area (TPSA) is 74.0 Å². The first-order chi connectivity index (χ1) is 15.8. The highest BCUT2D eigenvalue weighted by Crippen LogP contribution is 2.24. The lowest BCUT2D eigenvalue weighted by atomic mass is 9.87. The van der Waals surface area contributed by atoms with Gasteiger partial charge in [-0.25, -0.2) is 4.68 Å². The van der Waals surface area contributed by atoms with Crippen LogP contribution in [-0.4, -0.2) is 25.5 Å². The van der Waals surface area contributed by atoms with Crippen LogP contribution in [0.5, 0.6) is 5.75 Å². The summed E-state index contributed by atoms with van der Waals surface area (Å²) in [5.41, 5.74) is 2.65. The number of ether oxygens (including phenoxy) is 1. The van der Waals surface area contributed by atoms with Gasteiger partial charge in [-0.3, -0.25) is 9.48 Å². The van der Waals surface area contributed by atoms with Crippen LogP contribution in [0.1, 0.15) is 42.4 Å². The molecule has 2 aromatic carbocycles. The first kappa shape index (κ1) is 22.6. The molecule has 4 aromatic rings. The molecule has 33 heavy (non-hydrogen) atoms. The Morgan fingerprint density at radius 2 is 1.73 bits per heavy atom. The third-order valence-corrected chi connectivity index (χ3v) is 5.37. The third kappa shape index (κ3) is 5.81. The van der Waals surface area contributed by atoms with Crippen LogP contribution >= 0.6 is 11.6 Å². The van der Waals surface area contributed by atoms with Crippen LogP contribution in [-0.2, 0) is 18.7 Å². The van der Waals surface area contributed by atoms with Crippen LogP contribution < -0.4 is 10.1 Å². The van der Waals surface area contributed by atoms with E-state index in [4.69, 9.17) is 16.3 Å². The maximum atomic E-state index is 12.6. The van der Waals surface area contributed by atoms with E-state index in [2.05, 4.69) is 48.4 Å². The standard InChI is InChI=1S/C25H26ClN5O2/c1-25(2,3)19-9-11-20(12-10-19)33-17-30-14-13-22(28-30)24(32)27-23-21(26)16-31(29-23)15-18-7-5-4-6-8-18/h4-14,16H,15,17H2,1-3H3,(H,27,29,32). The normalized spacial score (nSPS) is 11.4. The number of nitrogens with one attached hydrogen (secondary N) is 1. The van der Waals surface area contributed by atoms with Gasteiger partial charge in [-0.1, -0.05) is 74.8 Å². The van der Waals surface area contributed by atoms with Crippen LogP contribution in [0.15, 0.2) is 73.1 Å². The molecular weight excluding hydrogens is 438 g/mol. The minimum Gasteiger partial charge on any atom is -0.471 e. The Bertz CT molecular complexity index is 1220. The van der Waals surface area contributed by atoms with E-state index in [-0.39, 0.29) is 17.8 Å². The molecule has 0 aliphatic carbocycles. The monoisotopic (exact) mass is 463 g/mol. The molecule has 0 unspecified atom stereocenters. The van der Waals surface area contributed by atoms with Crippen molar-refractivity contribution < 1.29 is 9.53 Å². The number of anilines is 1. The van der Waals surface area contributed by atoms with Gasteiger partial charge in [-0.05, 0) is 34.7 Å². The van der Waals surface area contributed by atoms with Crippen molar-refractivity contribution in [2.45, 2.75) is 39.5 Å². The molecule has 0 aliphatic rings. The number of amides is 1. The van der Waals surface area contributed by atoms with Gasteiger partial charge in [0, 0.05) is 12.4 Å². The molecule has 0 spiro atoms. The highest BCUT2D eigenvalue weighted by molar-refractivity contribution is 6.33. The van der Waals surface area contributed by atoms with Gasteiger partial charge in [0.2, 0.25) is 0 Å². The molecule has 2 aromatic heterocycles. The smallest absolute Gasteiger partial charge is 0.277 e. The molecular formula is C25H26ClN5O2. The zero-order valence-corrected chi connectivity index (χ0v) is 19.6. The molecule has 0 saturated carbocycles. The second-order valence-corrected chi connectivity index (χ2v) is 9.16. The molecule has 2 heterocycles. The summed E-state index contributed by atoms with van der Waals surface area (Å²) in [7, 11) is 0. The van der Waals surface area contributed by atoms with Gasteiger partial charge in [-0.15, -0.1) is 0 Å². The number of nitrogens with zero attached hydrogens (tertiary/aromatic N) is 4. The van der Waals surface area contributed by atoms with E-state index in [0.717, 1.165) is 11.3 Å². The lowest BCUT2D eigenvalue weighted by Crippen LogP contribution is -2.15. The number of benzene rings is 2. The van der Waals surface area contributed by atoms with Crippen LogP contribution in [0.2, 0.25) is 5.02 Å². The molecule has 0 atom stereocenters. The molecule has 0 aliphatic heterocycles. The lowest BCUT2D eigenvalue weighted by Gasteiger charge is -2.19. The largest absolute Gasteiger partial charge is 0.471 e. The van der Waals surface area contributed by atoms with E-state index in [0.29, 0.717) is 17.4 Å². The molecule has 8 heteroatoms. The van der Waals surface area contributed by atoms with Gasteiger partial charge in [-0.2, -0.15) is 10.2 Å². The Balaban J connectivity index is 1.34. The third-order valence-electron chi connectivity index (χ3n) is 5.09. The second-order valence-electron chi connectivity index (χ2n) is 8.75. The fourth-order valence-corrected chi connectivity index (χ4v) is 3.45. The molecule has 0 radical (unpaired) electrons. The minimum atomic E-state index is -0.393. The molecule has 0 bridgehead atoms. The van der Waals surface area contributed by atoms with Crippen molar-refractivity contribution >= 4 is 23.3 Å². The van der Waals surface area contributed by atoms with Gasteiger partial charge in [0.05, 0.1) is 6.54 Å². The lowest BCUT2D eigenvalue weighted by molar-refractivity contribution is 0.101. The van der Waals surface area contributed by atoms with Gasteiger partial charge in [0.1, 0.15) is 10.8 Å². The zero-order valence-electron chi connectivity index (χ0n) is 18.8. The first-order valence-electron chi connectivity index (χ1n) is 10.6. The van der Waals surface area contributed by atoms with Gasteiger partial charge in [0.15, 0.2) is 18.2 Å². The molecule has 0 fully saturated rings. The number of rotatable bonds is 7. The minimum absolute atomic E-state index is 0.0864. The Labute approximate surface area is 197 Å². The van der Waals surface area contributed by atoms with Crippen molar-refractivity contribution in [3.63, 3.8) is 0 Å². The maximum absolute atomic E-state index is 12.6. The zero-order chi connectivity index (χ0) is 23.4. The summed E-state index contributed by atoms with van der Waals surface area (Å²) in [5.74, 6) is 0.637. The average molecular weight is 464 g/mol. The summed E-state index contributed by atoms with van der Waals surface area (Å²) in [6, 6.07) is 19.5. The fourth-order valence-electron chi connectivity index (χ4n) is 3.25. The van der Waals surface area contributed by atoms with Crippen molar-refractivity contribution in [1.29, 1.82) is 0 Å². The molecule has 1 N–H and O–H groups in total. The Morgan fingerprint density at radius 1 is 1.00 bits per heavy atom. The Hall–Kier alpha value is -3.58. The van der Waals surface area contributed by atoms with E-state index in [1.54, 1.807) is 27.8 Å². The van der Waals surface area contributed by atoms with Crippen LogP contribution in [0.3, 0.4) is 0 Å². The quantitative estimate of drug-likeness (QED) is 0.400. The maximum Gasteiger partial charge on any atom is 0.277 e. The average Bonchev–Trinajstić information content (AvgIpc) is 3.39. The van der Waals surface area contributed by atoms with E-state index < -0.39 is 5.91 Å². The van der Waals surface area contributed by atoms with Crippen LogP contribution in [0, 0.1) is 0 Å². The van der Waals surface area contributed by atoms with Crippen molar-refractivity contribution in [1.82, 2.24) is 19.6 Å². The van der Waals surface area contributed by atoms with Crippen molar-refractivity contribution in [3.8, 4) is 5.75 Å². The number of halogens is 1. The van der Waals surface area contributed by atoms with Gasteiger partial charge >= 0.3 is 0 Å². The second kappa shape index (κ2) is 9.50. The highest BCUT2D eigenvalue weighted by Gasteiger charge is 2.16. The molecule has 0 saturated heterocycles. The number of carbonyl (C=O) groups excluding carboxylic acids is 1. The van der Waals surface area contributed by atoms with Gasteiger partial charge < -0.3 is 10.1 Å². The number of hydrogen-bond donors (Lipinski definition) is 1. The summed E-state index contributed by atoms with van der Waals surface area (Å²) >= 11 is 6.26. The molecule has 1 amide bonds. The summed E-state index contributed by atoms with van der Waals surface area (Å²) in [5, 5.41) is 11.7. The van der Waals surface area contributed by atoms with Gasteiger partial charge in [0.25, 0.3) is 5.91 Å². The van der Waals surface area contributed by atoms with Crippen molar-refractivity contribution in [2.75, 3.05) is 5.32 Å². The van der Waals surface area contributed by atoms with E-state index >= 15 is 0 Å². The Kier molecular flexibility index (Phi) is 6.51. The number of aromatic nitrogens is 4. The number of hydrogen-bond acceptors (Lipinski definition) is 4. The van der Waals surface area contributed by atoms with E-state index in [1.165, 1.54) is 5.56 Å². The van der Waals surface area contributed by atoms with Crippen LogP contribution in [0.25, 0.3) is 0 Å². The van der Waals surface area contributed by atoms with E-state index in [9.17, 15) is 4.79 Å². The molecule has 7 nitrogen and oxygen atoms in total. The Morgan fingerprint density at radius 3 is 2.42 bits per heavy atom. The summed E-state index contributed by atoms with van der Waals surface area (Å²) in [4.78, 5) is 12.6. The predicted octanol–water partition coefficient (Wildman–Crippen LogP) is 5.37. The first-order valence-corrected chi connectivity index (χ1v) is 11.0. The SMILES string of the molecule is CC(C)(C)c1ccc(OCn2ccc(C(=O)Nc3nn(Cc4ccccc4)cc3Cl)n2)cc1.